The Morgan fingerprint density at radius 1 is 0.947 bits per heavy atom. The number of aromatic nitrogens is 1. The van der Waals surface area contributed by atoms with Crippen LogP contribution in [0.3, 0.4) is 0 Å². The fraction of sp³-hybridized carbons (Fsp3) is 0.0625. The molecule has 0 unspecified atom stereocenters. The van der Waals surface area contributed by atoms with E-state index < -0.39 is 0 Å². The number of rotatable bonds is 2. The van der Waals surface area contributed by atoms with E-state index in [1.165, 1.54) is 0 Å². The van der Waals surface area contributed by atoms with Gasteiger partial charge in [-0.1, -0.05) is 36.4 Å². The molecule has 0 radical (unpaired) electrons. The highest BCUT2D eigenvalue weighted by Gasteiger charge is 2.10. The number of hydrogen-bond acceptors (Lipinski definition) is 3. The highest BCUT2D eigenvalue weighted by molar-refractivity contribution is 5.93. The molecule has 2 aromatic carbocycles. The number of hydrazine groups is 1. The van der Waals surface area contributed by atoms with Crippen molar-refractivity contribution in [3.8, 4) is 0 Å². The number of pyridine rings is 1. The van der Waals surface area contributed by atoms with E-state index in [0.717, 1.165) is 28.0 Å². The smallest absolute Gasteiger partial charge is 0.0726 e. The number of aryl methyl sites for hydroxylation is 1. The van der Waals surface area contributed by atoms with Crippen molar-refractivity contribution in [2.24, 2.45) is 5.84 Å². The largest absolute Gasteiger partial charge is 0.279 e. The van der Waals surface area contributed by atoms with Crippen LogP contribution in [-0.4, -0.2) is 4.98 Å². The third kappa shape index (κ3) is 2.16. The van der Waals surface area contributed by atoms with Crippen LogP contribution in [0.4, 0.5) is 11.4 Å². The first-order valence-electron chi connectivity index (χ1n) is 6.22. The van der Waals surface area contributed by atoms with E-state index >= 15 is 0 Å². The van der Waals surface area contributed by atoms with Gasteiger partial charge < -0.3 is 0 Å². The molecule has 3 heteroatoms. The number of benzene rings is 2. The second kappa shape index (κ2) is 4.71. The maximum atomic E-state index is 6.26. The Bertz CT molecular complexity index is 708. The summed E-state index contributed by atoms with van der Waals surface area (Å²) in [6.07, 6.45) is 0. The molecule has 0 saturated carbocycles. The maximum absolute atomic E-state index is 6.26. The van der Waals surface area contributed by atoms with Crippen molar-refractivity contribution in [3.05, 3.63) is 66.4 Å². The zero-order chi connectivity index (χ0) is 13.2. The van der Waals surface area contributed by atoms with Gasteiger partial charge in [-0.05, 0) is 31.2 Å². The van der Waals surface area contributed by atoms with Gasteiger partial charge in [0.15, 0.2) is 0 Å². The maximum Gasteiger partial charge on any atom is 0.0726 e. The molecule has 1 heterocycles. The quantitative estimate of drug-likeness (QED) is 0.558. The third-order valence-electron chi connectivity index (χ3n) is 3.12. The molecule has 0 saturated heterocycles. The lowest BCUT2D eigenvalue weighted by Gasteiger charge is -2.21. The number of nitrogens with zero attached hydrogens (tertiary/aromatic N) is 2. The van der Waals surface area contributed by atoms with Crippen LogP contribution in [-0.2, 0) is 0 Å². The molecule has 0 aliphatic heterocycles. The predicted molar refractivity (Wildman–Crippen MR) is 79.2 cm³/mol. The van der Waals surface area contributed by atoms with Gasteiger partial charge in [-0.3, -0.25) is 9.99 Å². The van der Waals surface area contributed by atoms with Gasteiger partial charge >= 0.3 is 0 Å². The van der Waals surface area contributed by atoms with Crippen LogP contribution >= 0.6 is 0 Å². The average molecular weight is 249 g/mol. The SMILES string of the molecule is Cc1cc(N(N)c2ccccc2)c2ccccc2n1. The van der Waals surface area contributed by atoms with Crippen molar-refractivity contribution in [1.29, 1.82) is 0 Å². The van der Waals surface area contributed by atoms with E-state index in [0.29, 0.717) is 0 Å². The highest BCUT2D eigenvalue weighted by Crippen LogP contribution is 2.29. The van der Waals surface area contributed by atoms with Crippen molar-refractivity contribution in [3.63, 3.8) is 0 Å². The minimum Gasteiger partial charge on any atom is -0.279 e. The molecule has 3 rings (SSSR count). The molecule has 94 valence electrons. The molecule has 0 bridgehead atoms. The van der Waals surface area contributed by atoms with Crippen LogP contribution in [0.1, 0.15) is 5.69 Å². The summed E-state index contributed by atoms with van der Waals surface area (Å²) in [6.45, 7) is 1.98. The summed E-state index contributed by atoms with van der Waals surface area (Å²) in [4.78, 5) is 4.53. The van der Waals surface area contributed by atoms with Crippen molar-refractivity contribution in [1.82, 2.24) is 4.98 Å². The number of para-hydroxylation sites is 2. The number of anilines is 2. The normalized spacial score (nSPS) is 10.6. The fourth-order valence-electron chi connectivity index (χ4n) is 2.21. The van der Waals surface area contributed by atoms with Crippen molar-refractivity contribution < 1.29 is 0 Å². The van der Waals surface area contributed by atoms with Crippen LogP contribution in [0.25, 0.3) is 10.9 Å². The van der Waals surface area contributed by atoms with Crippen molar-refractivity contribution in [2.75, 3.05) is 5.01 Å². The summed E-state index contributed by atoms with van der Waals surface area (Å²) < 4.78 is 0. The molecular weight excluding hydrogens is 234 g/mol. The van der Waals surface area contributed by atoms with Crippen LogP contribution in [0.15, 0.2) is 60.7 Å². The first-order chi connectivity index (χ1) is 9.25. The zero-order valence-electron chi connectivity index (χ0n) is 10.7. The molecule has 3 aromatic rings. The fourth-order valence-corrected chi connectivity index (χ4v) is 2.21. The zero-order valence-corrected chi connectivity index (χ0v) is 10.7. The van der Waals surface area contributed by atoms with Gasteiger partial charge in [0.05, 0.1) is 16.9 Å². The van der Waals surface area contributed by atoms with Gasteiger partial charge in [-0.2, -0.15) is 0 Å². The van der Waals surface area contributed by atoms with E-state index in [9.17, 15) is 0 Å². The molecule has 19 heavy (non-hydrogen) atoms. The van der Waals surface area contributed by atoms with Gasteiger partial charge in [-0.15, -0.1) is 0 Å². The second-order valence-corrected chi connectivity index (χ2v) is 4.51. The summed E-state index contributed by atoms with van der Waals surface area (Å²) in [5.41, 5.74) is 3.84. The van der Waals surface area contributed by atoms with E-state index in [1.54, 1.807) is 5.01 Å². The minimum absolute atomic E-state index is 0.957. The Balaban J connectivity index is 2.19. The number of hydrogen-bond donors (Lipinski definition) is 1. The molecule has 0 amide bonds. The van der Waals surface area contributed by atoms with Gasteiger partial charge in [-0.25, -0.2) is 5.84 Å². The summed E-state index contributed by atoms with van der Waals surface area (Å²) in [7, 11) is 0. The van der Waals surface area contributed by atoms with E-state index in [2.05, 4.69) is 4.98 Å². The van der Waals surface area contributed by atoms with Gasteiger partial charge in [0.1, 0.15) is 0 Å². The Morgan fingerprint density at radius 2 is 1.63 bits per heavy atom. The Hall–Kier alpha value is -2.39. The van der Waals surface area contributed by atoms with Gasteiger partial charge in [0.2, 0.25) is 0 Å². The van der Waals surface area contributed by atoms with Crippen LogP contribution in [0.2, 0.25) is 0 Å². The molecule has 0 spiro atoms. The highest BCUT2D eigenvalue weighted by atomic mass is 15.4. The van der Waals surface area contributed by atoms with E-state index in [4.69, 9.17) is 5.84 Å². The molecule has 0 aliphatic carbocycles. The molecule has 1 aromatic heterocycles. The van der Waals surface area contributed by atoms with Gasteiger partial charge in [0.25, 0.3) is 0 Å². The first kappa shape index (κ1) is 11.7. The average Bonchev–Trinajstić information content (AvgIpc) is 2.46. The van der Waals surface area contributed by atoms with Crippen molar-refractivity contribution in [2.45, 2.75) is 6.92 Å². The van der Waals surface area contributed by atoms with Crippen LogP contribution < -0.4 is 10.9 Å². The first-order valence-corrected chi connectivity index (χ1v) is 6.22. The summed E-state index contributed by atoms with van der Waals surface area (Å²) in [5, 5.41) is 2.76. The summed E-state index contributed by atoms with van der Waals surface area (Å²) in [6, 6.07) is 20.0. The van der Waals surface area contributed by atoms with Crippen LogP contribution in [0.5, 0.6) is 0 Å². The summed E-state index contributed by atoms with van der Waals surface area (Å²) >= 11 is 0. The molecular formula is C16H15N3. The molecule has 0 atom stereocenters. The molecule has 0 fully saturated rings. The summed E-state index contributed by atoms with van der Waals surface area (Å²) in [5.74, 6) is 6.26. The Kier molecular flexibility index (Phi) is 2.89. The topological polar surface area (TPSA) is 42.1 Å². The lowest BCUT2D eigenvalue weighted by molar-refractivity contribution is 1.08. The minimum atomic E-state index is 0.957. The van der Waals surface area contributed by atoms with Crippen LogP contribution in [0, 0.1) is 6.92 Å². The lowest BCUT2D eigenvalue weighted by Crippen LogP contribution is -2.25. The monoisotopic (exact) mass is 249 g/mol. The van der Waals surface area contributed by atoms with Crippen molar-refractivity contribution >= 4 is 22.3 Å². The second-order valence-electron chi connectivity index (χ2n) is 4.51. The lowest BCUT2D eigenvalue weighted by atomic mass is 10.1. The molecule has 0 aliphatic rings. The molecule has 2 N–H and O–H groups in total. The van der Waals surface area contributed by atoms with E-state index in [1.807, 2.05) is 67.6 Å². The Labute approximate surface area is 112 Å². The third-order valence-corrected chi connectivity index (χ3v) is 3.12. The van der Waals surface area contributed by atoms with Gasteiger partial charge in [0, 0.05) is 11.1 Å². The standard InChI is InChI=1S/C16H15N3/c1-12-11-16(14-9-5-6-10-15(14)18-12)19(17)13-7-3-2-4-8-13/h2-11H,17H2,1H3. The van der Waals surface area contributed by atoms with E-state index in [-0.39, 0.29) is 0 Å². The number of nitrogens with two attached hydrogens (primary N) is 1. The number of fused-ring (bicyclic) bond motifs is 1. The molecule has 3 nitrogen and oxygen atoms in total. The Morgan fingerprint density at radius 3 is 2.42 bits per heavy atom. The predicted octanol–water partition coefficient (Wildman–Crippen LogP) is 3.56.